The van der Waals surface area contributed by atoms with E-state index in [1.54, 1.807) is 20.8 Å². The van der Waals surface area contributed by atoms with Gasteiger partial charge in [-0.2, -0.15) is 13.2 Å². The van der Waals surface area contributed by atoms with Crippen LogP contribution in [0.5, 0.6) is 5.75 Å². The molecule has 0 heterocycles. The summed E-state index contributed by atoms with van der Waals surface area (Å²) in [6, 6.07) is 2.23. The highest BCUT2D eigenvalue weighted by atomic mass is 79.9. The average Bonchev–Trinajstić information content (AvgIpc) is 2.11. The third kappa shape index (κ3) is 3.96. The molecule has 0 aliphatic rings. The van der Waals surface area contributed by atoms with E-state index in [0.29, 0.717) is 0 Å². The smallest absolute Gasteiger partial charge is 0.416 e. The van der Waals surface area contributed by atoms with Crippen molar-refractivity contribution in [3.05, 3.63) is 27.7 Å². The van der Waals surface area contributed by atoms with E-state index >= 15 is 0 Å². The highest BCUT2D eigenvalue weighted by Gasteiger charge is 2.38. The Balaban J connectivity index is 3.53. The fraction of sp³-hybridized carbons (Fsp3) is 0.462. The number of benzene rings is 1. The van der Waals surface area contributed by atoms with Crippen molar-refractivity contribution in [2.24, 2.45) is 0 Å². The molecular formula is C13H14BrF3O2. The summed E-state index contributed by atoms with van der Waals surface area (Å²) in [7, 11) is 0. The minimum atomic E-state index is -4.51. The second kappa shape index (κ2) is 5.15. The van der Waals surface area contributed by atoms with Gasteiger partial charge in [0.15, 0.2) is 0 Å². The number of hydrogen-bond acceptors (Lipinski definition) is 2. The molecule has 0 aliphatic heterocycles. The number of ether oxygens (including phenoxy) is 1. The van der Waals surface area contributed by atoms with Gasteiger partial charge in [-0.1, -0.05) is 36.7 Å². The summed E-state index contributed by atoms with van der Waals surface area (Å²) in [6.45, 7) is 6.20. The number of carbonyl (C=O) groups is 1. The summed E-state index contributed by atoms with van der Waals surface area (Å²) in [4.78, 5) is 10.8. The first-order chi connectivity index (χ1) is 8.43. The summed E-state index contributed by atoms with van der Waals surface area (Å²) in [5.74, 6) is -0.789. The second-order valence-corrected chi connectivity index (χ2v) is 6.02. The highest BCUT2D eigenvalue weighted by Crippen LogP contribution is 2.43. The Labute approximate surface area is 118 Å². The van der Waals surface area contributed by atoms with Crippen LogP contribution in [0, 0.1) is 0 Å². The van der Waals surface area contributed by atoms with Crippen molar-refractivity contribution >= 4 is 21.9 Å². The number of hydrogen-bond donors (Lipinski definition) is 0. The molecule has 1 aromatic rings. The fourth-order valence-corrected chi connectivity index (χ4v) is 2.83. The van der Waals surface area contributed by atoms with Gasteiger partial charge in [-0.25, -0.2) is 0 Å². The van der Waals surface area contributed by atoms with Crippen LogP contribution in [0.1, 0.15) is 38.8 Å². The molecule has 0 N–H and O–H groups in total. The molecule has 0 saturated carbocycles. The zero-order valence-electron chi connectivity index (χ0n) is 11.0. The molecule has 6 heteroatoms. The van der Waals surface area contributed by atoms with E-state index in [2.05, 4.69) is 15.9 Å². The Morgan fingerprint density at radius 1 is 1.21 bits per heavy atom. The molecule has 0 aromatic heterocycles. The second-order valence-electron chi connectivity index (χ2n) is 5.17. The Morgan fingerprint density at radius 3 is 2.11 bits per heavy atom. The Bertz CT molecular complexity index is 502. The number of esters is 1. The Hall–Kier alpha value is -1.04. The topological polar surface area (TPSA) is 26.3 Å². The van der Waals surface area contributed by atoms with Crippen LogP contribution in [0.15, 0.2) is 16.6 Å². The summed E-state index contributed by atoms with van der Waals surface area (Å²) in [5, 5.41) is 0. The van der Waals surface area contributed by atoms with Crippen LogP contribution in [-0.4, -0.2) is 5.97 Å². The van der Waals surface area contributed by atoms with Crippen molar-refractivity contribution < 1.29 is 22.7 Å². The van der Waals surface area contributed by atoms with E-state index in [1.807, 2.05) is 0 Å². The monoisotopic (exact) mass is 338 g/mol. The lowest BCUT2D eigenvalue weighted by atomic mass is 9.83. The van der Waals surface area contributed by atoms with Crippen LogP contribution >= 0.6 is 15.9 Å². The molecule has 19 heavy (non-hydrogen) atoms. The lowest BCUT2D eigenvalue weighted by molar-refractivity contribution is -0.139. The largest absolute Gasteiger partial charge is 0.427 e. The van der Waals surface area contributed by atoms with Crippen LogP contribution in [0.25, 0.3) is 0 Å². The van der Waals surface area contributed by atoms with Crippen LogP contribution in [0.2, 0.25) is 0 Å². The third-order valence-corrected chi connectivity index (χ3v) is 3.01. The quantitative estimate of drug-likeness (QED) is 0.548. The van der Waals surface area contributed by atoms with Gasteiger partial charge in [-0.15, -0.1) is 0 Å². The number of rotatable bonds is 1. The first kappa shape index (κ1) is 16.0. The van der Waals surface area contributed by atoms with E-state index in [9.17, 15) is 18.0 Å². The lowest BCUT2D eigenvalue weighted by Gasteiger charge is -2.26. The normalized spacial score (nSPS) is 12.4. The first-order valence-electron chi connectivity index (χ1n) is 5.52. The zero-order valence-corrected chi connectivity index (χ0v) is 12.6. The standard InChI is InChI=1S/C13H14BrF3O2/c1-7(18)19-8-5-9(13(15,16)17)11(10(14)6-8)12(2,3)4/h5-6H,1-4H3. The third-order valence-electron chi connectivity index (χ3n) is 2.38. The molecule has 0 spiro atoms. The highest BCUT2D eigenvalue weighted by molar-refractivity contribution is 9.10. The molecule has 0 atom stereocenters. The molecule has 0 bridgehead atoms. The van der Waals surface area contributed by atoms with Crippen LogP contribution in [0.3, 0.4) is 0 Å². The van der Waals surface area contributed by atoms with Gasteiger partial charge < -0.3 is 4.74 Å². The van der Waals surface area contributed by atoms with E-state index in [-0.39, 0.29) is 15.8 Å². The van der Waals surface area contributed by atoms with Crippen LogP contribution in [-0.2, 0) is 16.4 Å². The van der Waals surface area contributed by atoms with Gasteiger partial charge in [0, 0.05) is 11.4 Å². The number of alkyl halides is 3. The van der Waals surface area contributed by atoms with E-state index in [1.165, 1.54) is 6.07 Å². The van der Waals surface area contributed by atoms with Crippen molar-refractivity contribution in [1.29, 1.82) is 0 Å². The average molecular weight is 339 g/mol. The molecule has 2 nitrogen and oxygen atoms in total. The van der Waals surface area contributed by atoms with Crippen molar-refractivity contribution in [2.75, 3.05) is 0 Å². The van der Waals surface area contributed by atoms with Crippen molar-refractivity contribution in [1.82, 2.24) is 0 Å². The van der Waals surface area contributed by atoms with Crippen molar-refractivity contribution in [2.45, 2.75) is 39.3 Å². The molecule has 0 fully saturated rings. The van der Waals surface area contributed by atoms with Gasteiger partial charge in [-0.3, -0.25) is 4.79 Å². The fourth-order valence-electron chi connectivity index (χ4n) is 1.79. The first-order valence-corrected chi connectivity index (χ1v) is 6.32. The van der Waals surface area contributed by atoms with Gasteiger partial charge in [0.2, 0.25) is 0 Å². The molecule has 106 valence electrons. The number of carbonyl (C=O) groups excluding carboxylic acids is 1. The SMILES string of the molecule is CC(=O)Oc1cc(Br)c(C(C)(C)C)c(C(F)(F)F)c1. The van der Waals surface area contributed by atoms with E-state index < -0.39 is 23.1 Å². The molecular weight excluding hydrogens is 325 g/mol. The zero-order chi connectivity index (χ0) is 15.0. The Kier molecular flexibility index (Phi) is 4.34. The van der Waals surface area contributed by atoms with Gasteiger partial charge in [0.1, 0.15) is 5.75 Å². The molecule has 0 unspecified atom stereocenters. The molecule has 0 radical (unpaired) electrons. The molecule has 0 saturated heterocycles. The maximum absolute atomic E-state index is 13.1. The van der Waals surface area contributed by atoms with E-state index in [4.69, 9.17) is 4.74 Å². The van der Waals surface area contributed by atoms with Gasteiger partial charge in [-0.05, 0) is 23.1 Å². The van der Waals surface area contributed by atoms with Gasteiger partial charge in [0.05, 0.1) is 5.56 Å². The summed E-state index contributed by atoms with van der Waals surface area (Å²) in [5.41, 5.74) is -1.36. The maximum atomic E-state index is 13.1. The summed E-state index contributed by atoms with van der Waals surface area (Å²) < 4.78 is 44.3. The predicted octanol–water partition coefficient (Wildman–Crippen LogP) is 4.69. The number of halogens is 4. The Morgan fingerprint density at radius 2 is 1.74 bits per heavy atom. The molecule has 0 aliphatic carbocycles. The van der Waals surface area contributed by atoms with Crippen LogP contribution in [0.4, 0.5) is 13.2 Å². The minimum Gasteiger partial charge on any atom is -0.427 e. The predicted molar refractivity (Wildman–Crippen MR) is 69.2 cm³/mol. The lowest BCUT2D eigenvalue weighted by Crippen LogP contribution is -2.20. The van der Waals surface area contributed by atoms with Gasteiger partial charge >= 0.3 is 12.1 Å². The van der Waals surface area contributed by atoms with Gasteiger partial charge in [0.25, 0.3) is 0 Å². The minimum absolute atomic E-state index is 0.125. The van der Waals surface area contributed by atoms with Crippen LogP contribution < -0.4 is 4.74 Å². The maximum Gasteiger partial charge on any atom is 0.416 e. The molecule has 0 amide bonds. The molecule has 1 aromatic carbocycles. The molecule has 1 rings (SSSR count). The van der Waals surface area contributed by atoms with Crippen molar-refractivity contribution in [3.63, 3.8) is 0 Å². The van der Waals surface area contributed by atoms with E-state index in [0.717, 1.165) is 13.0 Å². The summed E-state index contributed by atoms with van der Waals surface area (Å²) in [6.07, 6.45) is -4.51. The van der Waals surface area contributed by atoms with Crippen molar-refractivity contribution in [3.8, 4) is 5.75 Å². The summed E-state index contributed by atoms with van der Waals surface area (Å²) >= 11 is 3.12.